The monoisotopic (exact) mass is 339 g/mol. The minimum Gasteiger partial charge on any atom is -0.493 e. The van der Waals surface area contributed by atoms with E-state index in [9.17, 15) is 9.00 Å². The van der Waals surface area contributed by atoms with Crippen LogP contribution in [0.5, 0.6) is 5.75 Å². The van der Waals surface area contributed by atoms with Crippen molar-refractivity contribution in [2.75, 3.05) is 39.7 Å². The SMILES string of the molecule is COCCc1cc(C=O)ccc1OCC1CCN(S(C)=O)CC1. The molecule has 1 aliphatic heterocycles. The van der Waals surface area contributed by atoms with Gasteiger partial charge in [-0.05, 0) is 48.9 Å². The van der Waals surface area contributed by atoms with Crippen LogP contribution in [0.15, 0.2) is 18.2 Å². The second kappa shape index (κ2) is 9.15. The van der Waals surface area contributed by atoms with Gasteiger partial charge >= 0.3 is 0 Å². The van der Waals surface area contributed by atoms with Gasteiger partial charge in [0.15, 0.2) is 0 Å². The third-order valence-electron chi connectivity index (χ3n) is 4.21. The van der Waals surface area contributed by atoms with Crippen LogP contribution in [0.4, 0.5) is 0 Å². The number of rotatable bonds is 8. The van der Waals surface area contributed by atoms with Crippen LogP contribution in [0.2, 0.25) is 0 Å². The Labute approximate surface area is 140 Å². The molecule has 0 aromatic heterocycles. The Morgan fingerprint density at radius 1 is 1.35 bits per heavy atom. The number of nitrogens with zero attached hydrogens (tertiary/aromatic N) is 1. The molecule has 0 radical (unpaired) electrons. The molecule has 128 valence electrons. The number of carbonyl (C=O) groups is 1. The summed E-state index contributed by atoms with van der Waals surface area (Å²) in [6.07, 6.45) is 5.30. The van der Waals surface area contributed by atoms with Crippen LogP contribution >= 0.6 is 0 Å². The summed E-state index contributed by atoms with van der Waals surface area (Å²) in [5.41, 5.74) is 1.66. The molecule has 0 spiro atoms. The molecule has 23 heavy (non-hydrogen) atoms. The van der Waals surface area contributed by atoms with Gasteiger partial charge in [0.25, 0.3) is 0 Å². The summed E-state index contributed by atoms with van der Waals surface area (Å²) in [4.78, 5) is 10.9. The minimum atomic E-state index is -0.873. The number of piperidine rings is 1. The van der Waals surface area contributed by atoms with Crippen molar-refractivity contribution in [1.29, 1.82) is 0 Å². The molecule has 1 unspecified atom stereocenters. The molecule has 1 fully saturated rings. The fraction of sp³-hybridized carbons (Fsp3) is 0.588. The van der Waals surface area contributed by atoms with Crippen molar-refractivity contribution in [3.05, 3.63) is 29.3 Å². The van der Waals surface area contributed by atoms with Crippen molar-refractivity contribution >= 4 is 17.3 Å². The molecular formula is C17H25NO4S. The predicted octanol–water partition coefficient (Wildman–Crippen LogP) is 2.07. The third kappa shape index (κ3) is 5.41. The molecule has 1 heterocycles. The number of carbonyl (C=O) groups excluding carboxylic acids is 1. The van der Waals surface area contributed by atoms with Crippen molar-refractivity contribution in [2.24, 2.45) is 5.92 Å². The zero-order valence-electron chi connectivity index (χ0n) is 13.8. The number of methoxy groups -OCH3 is 1. The molecule has 5 nitrogen and oxygen atoms in total. The van der Waals surface area contributed by atoms with E-state index in [1.807, 2.05) is 16.4 Å². The molecule has 1 aliphatic rings. The molecule has 6 heteroatoms. The molecule has 0 saturated carbocycles. The van der Waals surface area contributed by atoms with E-state index in [4.69, 9.17) is 9.47 Å². The first-order valence-corrected chi connectivity index (χ1v) is 9.44. The lowest BCUT2D eigenvalue weighted by Crippen LogP contribution is -2.36. The summed E-state index contributed by atoms with van der Waals surface area (Å²) in [7, 11) is 0.790. The molecule has 0 aliphatic carbocycles. The van der Waals surface area contributed by atoms with Crippen molar-refractivity contribution in [3.8, 4) is 5.75 Å². The summed E-state index contributed by atoms with van der Waals surface area (Å²) in [5, 5.41) is 0. The van der Waals surface area contributed by atoms with Crippen molar-refractivity contribution < 1.29 is 18.5 Å². The molecule has 1 saturated heterocycles. The van der Waals surface area contributed by atoms with Crippen molar-refractivity contribution in [2.45, 2.75) is 19.3 Å². The van der Waals surface area contributed by atoms with Gasteiger partial charge in [0, 0.05) is 32.0 Å². The Kier molecular flexibility index (Phi) is 7.20. The number of benzene rings is 1. The Morgan fingerprint density at radius 2 is 2.09 bits per heavy atom. The fourth-order valence-corrected chi connectivity index (χ4v) is 3.49. The highest BCUT2D eigenvalue weighted by Crippen LogP contribution is 2.24. The number of aldehydes is 1. The zero-order chi connectivity index (χ0) is 16.7. The Morgan fingerprint density at radius 3 is 2.70 bits per heavy atom. The van der Waals surface area contributed by atoms with Crippen LogP contribution in [-0.2, 0) is 22.1 Å². The lowest BCUT2D eigenvalue weighted by Gasteiger charge is -2.29. The quantitative estimate of drug-likeness (QED) is 0.681. The van der Waals surface area contributed by atoms with E-state index in [1.54, 1.807) is 19.4 Å². The molecule has 0 bridgehead atoms. The van der Waals surface area contributed by atoms with E-state index in [0.29, 0.717) is 24.7 Å². The van der Waals surface area contributed by atoms with Crippen molar-refractivity contribution in [3.63, 3.8) is 0 Å². The van der Waals surface area contributed by atoms with E-state index >= 15 is 0 Å². The fourth-order valence-electron chi connectivity index (χ4n) is 2.76. The second-order valence-corrected chi connectivity index (χ2v) is 7.20. The van der Waals surface area contributed by atoms with Crippen LogP contribution in [0.3, 0.4) is 0 Å². The Hall–Kier alpha value is -1.24. The number of ether oxygens (including phenoxy) is 2. The van der Waals surface area contributed by atoms with Crippen LogP contribution in [0.1, 0.15) is 28.8 Å². The maximum Gasteiger partial charge on any atom is 0.150 e. The third-order valence-corrected chi connectivity index (χ3v) is 5.30. The Balaban J connectivity index is 1.92. The maximum absolute atomic E-state index is 11.5. The first-order chi connectivity index (χ1) is 11.1. The average Bonchev–Trinajstić information content (AvgIpc) is 2.58. The number of hydrogen-bond acceptors (Lipinski definition) is 4. The predicted molar refractivity (Wildman–Crippen MR) is 91.3 cm³/mol. The molecule has 0 N–H and O–H groups in total. The summed E-state index contributed by atoms with van der Waals surface area (Å²) in [6, 6.07) is 5.51. The van der Waals surface area contributed by atoms with Crippen LogP contribution < -0.4 is 4.74 Å². The molecule has 1 atom stereocenters. The number of hydrogen-bond donors (Lipinski definition) is 0. The van der Waals surface area contributed by atoms with Crippen LogP contribution in [0.25, 0.3) is 0 Å². The first kappa shape index (κ1) is 18.1. The summed E-state index contributed by atoms with van der Waals surface area (Å²) in [5.74, 6) is 1.31. The lowest BCUT2D eigenvalue weighted by molar-refractivity contribution is 0.112. The standard InChI is InChI=1S/C17H25NO4S/c1-21-10-7-16-11-15(12-19)3-4-17(16)22-13-14-5-8-18(9-6-14)23(2)20/h3-4,11-12,14H,5-10,13H2,1-2H3. The van der Waals surface area contributed by atoms with Gasteiger partial charge < -0.3 is 9.47 Å². The smallest absolute Gasteiger partial charge is 0.150 e. The van der Waals surface area contributed by atoms with Gasteiger partial charge in [-0.2, -0.15) is 0 Å². The van der Waals surface area contributed by atoms with Gasteiger partial charge in [0.05, 0.1) is 24.2 Å². The molecule has 1 aromatic rings. The average molecular weight is 339 g/mol. The van der Waals surface area contributed by atoms with Gasteiger partial charge in [-0.1, -0.05) is 0 Å². The van der Waals surface area contributed by atoms with Crippen molar-refractivity contribution in [1.82, 2.24) is 4.31 Å². The highest BCUT2D eigenvalue weighted by molar-refractivity contribution is 7.81. The molecular weight excluding hydrogens is 314 g/mol. The summed E-state index contributed by atoms with van der Waals surface area (Å²) < 4.78 is 24.6. The Bertz CT molecular complexity index is 541. The zero-order valence-corrected chi connectivity index (χ0v) is 14.6. The summed E-state index contributed by atoms with van der Waals surface area (Å²) in [6.45, 7) is 2.97. The minimum absolute atomic E-state index is 0.482. The van der Waals surface area contributed by atoms with E-state index in [1.165, 1.54) is 0 Å². The van der Waals surface area contributed by atoms with Gasteiger partial charge in [-0.3, -0.25) is 4.79 Å². The maximum atomic E-state index is 11.5. The highest BCUT2D eigenvalue weighted by Gasteiger charge is 2.21. The van der Waals surface area contributed by atoms with E-state index in [0.717, 1.165) is 50.0 Å². The second-order valence-electron chi connectivity index (χ2n) is 5.83. The van der Waals surface area contributed by atoms with Gasteiger partial charge in [-0.25, -0.2) is 8.51 Å². The largest absolute Gasteiger partial charge is 0.493 e. The van der Waals surface area contributed by atoms with Crippen LogP contribution in [-0.4, -0.2) is 54.5 Å². The van der Waals surface area contributed by atoms with E-state index in [2.05, 4.69) is 0 Å². The van der Waals surface area contributed by atoms with Crippen LogP contribution in [0, 0.1) is 5.92 Å². The van der Waals surface area contributed by atoms with Gasteiger partial charge in [0.2, 0.25) is 0 Å². The van der Waals surface area contributed by atoms with Gasteiger partial charge in [-0.15, -0.1) is 0 Å². The summed E-state index contributed by atoms with van der Waals surface area (Å²) >= 11 is 0. The lowest BCUT2D eigenvalue weighted by atomic mass is 9.99. The van der Waals surface area contributed by atoms with Gasteiger partial charge in [0.1, 0.15) is 12.0 Å². The first-order valence-electron chi connectivity index (χ1n) is 7.92. The molecule has 1 aromatic carbocycles. The molecule has 0 amide bonds. The van der Waals surface area contributed by atoms with E-state index in [-0.39, 0.29) is 0 Å². The topological polar surface area (TPSA) is 55.8 Å². The molecule has 2 rings (SSSR count). The van der Waals surface area contributed by atoms with E-state index < -0.39 is 11.0 Å². The highest BCUT2D eigenvalue weighted by atomic mass is 32.2. The normalized spacial score (nSPS) is 17.8.